The van der Waals surface area contributed by atoms with Gasteiger partial charge in [-0.1, -0.05) is 0 Å². The number of hydrogen-bond acceptors (Lipinski definition) is 3. The third-order valence-electron chi connectivity index (χ3n) is 2.80. The fraction of sp³-hybridized carbons (Fsp3) is 0.286. The van der Waals surface area contributed by atoms with Crippen molar-refractivity contribution in [3.8, 4) is 5.75 Å². The zero-order valence-corrected chi connectivity index (χ0v) is 12.5. The van der Waals surface area contributed by atoms with E-state index in [0.29, 0.717) is 5.69 Å². The number of rotatable bonds is 5. The van der Waals surface area contributed by atoms with Crippen molar-refractivity contribution >= 4 is 17.4 Å². The number of aromatic nitrogens is 2. The number of benzene rings is 1. The Morgan fingerprint density at radius 3 is 2.71 bits per heavy atom. The number of carbonyl (C=O) groups is 1. The highest BCUT2D eigenvalue weighted by Crippen LogP contribution is 2.27. The molecule has 130 valence electrons. The summed E-state index contributed by atoms with van der Waals surface area (Å²) < 4.78 is 56.1. The van der Waals surface area contributed by atoms with E-state index in [-0.39, 0.29) is 11.4 Å². The smallest absolute Gasteiger partial charge is 0.392 e. The van der Waals surface area contributed by atoms with Gasteiger partial charge in [-0.05, 0) is 12.1 Å². The SMILES string of the molecule is Cn1cc(NC(=O)Nc2ccc(F)cc2OCCC(F)(F)F)cn1. The van der Waals surface area contributed by atoms with Crippen molar-refractivity contribution in [3.05, 3.63) is 36.4 Å². The van der Waals surface area contributed by atoms with Gasteiger partial charge < -0.3 is 15.4 Å². The molecular weight excluding hydrogens is 332 g/mol. The molecule has 2 N–H and O–H groups in total. The van der Waals surface area contributed by atoms with Crippen LogP contribution in [0.5, 0.6) is 5.75 Å². The Kier molecular flexibility index (Phi) is 5.27. The van der Waals surface area contributed by atoms with Gasteiger partial charge in [-0.15, -0.1) is 0 Å². The van der Waals surface area contributed by atoms with Crippen molar-refractivity contribution in [3.63, 3.8) is 0 Å². The van der Waals surface area contributed by atoms with Crippen LogP contribution >= 0.6 is 0 Å². The maximum Gasteiger partial charge on any atom is 0.392 e. The van der Waals surface area contributed by atoms with Crippen LogP contribution in [0.25, 0.3) is 0 Å². The molecule has 6 nitrogen and oxygen atoms in total. The molecule has 0 radical (unpaired) electrons. The summed E-state index contributed by atoms with van der Waals surface area (Å²) in [6.07, 6.45) is -2.63. The van der Waals surface area contributed by atoms with E-state index in [4.69, 9.17) is 4.74 Å². The molecule has 0 fully saturated rings. The quantitative estimate of drug-likeness (QED) is 0.814. The van der Waals surface area contributed by atoms with E-state index in [9.17, 15) is 22.4 Å². The van der Waals surface area contributed by atoms with Crippen LogP contribution in [-0.2, 0) is 7.05 Å². The lowest BCUT2D eigenvalue weighted by Crippen LogP contribution is -2.20. The Bertz CT molecular complexity index is 715. The lowest BCUT2D eigenvalue weighted by atomic mass is 10.3. The van der Waals surface area contributed by atoms with Crippen molar-refractivity contribution in [1.29, 1.82) is 0 Å². The lowest BCUT2D eigenvalue weighted by Gasteiger charge is -2.13. The fourth-order valence-electron chi connectivity index (χ4n) is 1.77. The third-order valence-corrected chi connectivity index (χ3v) is 2.80. The van der Waals surface area contributed by atoms with Crippen molar-refractivity contribution < 1.29 is 27.1 Å². The van der Waals surface area contributed by atoms with Crippen LogP contribution in [-0.4, -0.2) is 28.6 Å². The first-order valence-corrected chi connectivity index (χ1v) is 6.79. The molecule has 2 amide bonds. The number of alkyl halides is 3. The molecule has 0 aliphatic heterocycles. The Morgan fingerprint density at radius 1 is 1.33 bits per heavy atom. The summed E-state index contributed by atoms with van der Waals surface area (Å²) in [5, 5.41) is 8.72. The maximum atomic E-state index is 13.3. The molecule has 24 heavy (non-hydrogen) atoms. The number of hydrogen-bond donors (Lipinski definition) is 2. The Morgan fingerprint density at radius 2 is 2.08 bits per heavy atom. The minimum Gasteiger partial charge on any atom is -0.491 e. The number of anilines is 2. The molecule has 2 rings (SSSR count). The molecule has 2 aromatic rings. The average Bonchev–Trinajstić information content (AvgIpc) is 2.85. The summed E-state index contributed by atoms with van der Waals surface area (Å²) in [5.41, 5.74) is 0.455. The third kappa shape index (κ3) is 5.45. The summed E-state index contributed by atoms with van der Waals surface area (Å²) in [6.45, 7) is -0.689. The van der Waals surface area contributed by atoms with Crippen molar-refractivity contribution in [2.24, 2.45) is 7.05 Å². The van der Waals surface area contributed by atoms with Gasteiger partial charge in [-0.2, -0.15) is 18.3 Å². The van der Waals surface area contributed by atoms with Crippen LogP contribution in [0.15, 0.2) is 30.6 Å². The Hall–Kier alpha value is -2.78. The summed E-state index contributed by atoms with van der Waals surface area (Å²) in [6, 6.07) is 2.48. The largest absolute Gasteiger partial charge is 0.491 e. The van der Waals surface area contributed by atoms with E-state index >= 15 is 0 Å². The first-order chi connectivity index (χ1) is 11.2. The van der Waals surface area contributed by atoms with E-state index in [1.165, 1.54) is 16.9 Å². The van der Waals surface area contributed by atoms with Gasteiger partial charge in [0.1, 0.15) is 11.6 Å². The van der Waals surface area contributed by atoms with Crippen LogP contribution in [0.4, 0.5) is 33.7 Å². The minimum absolute atomic E-state index is 0.0416. The van der Waals surface area contributed by atoms with Crippen molar-refractivity contribution in [2.45, 2.75) is 12.6 Å². The van der Waals surface area contributed by atoms with Gasteiger partial charge in [-0.25, -0.2) is 9.18 Å². The summed E-state index contributed by atoms with van der Waals surface area (Å²) >= 11 is 0. The molecule has 0 aliphatic rings. The van der Waals surface area contributed by atoms with Gasteiger partial charge in [0.15, 0.2) is 0 Å². The predicted molar refractivity (Wildman–Crippen MR) is 78.4 cm³/mol. The van der Waals surface area contributed by atoms with Crippen LogP contribution in [0.3, 0.4) is 0 Å². The monoisotopic (exact) mass is 346 g/mol. The summed E-state index contributed by atoms with van der Waals surface area (Å²) in [4.78, 5) is 11.9. The number of halogens is 4. The molecule has 0 aliphatic carbocycles. The molecule has 1 aromatic carbocycles. The van der Waals surface area contributed by atoms with Gasteiger partial charge in [0.25, 0.3) is 0 Å². The highest BCUT2D eigenvalue weighted by Gasteiger charge is 2.27. The molecule has 1 heterocycles. The highest BCUT2D eigenvalue weighted by molar-refractivity contribution is 6.00. The Balaban J connectivity index is 2.01. The van der Waals surface area contributed by atoms with E-state index in [1.807, 2.05) is 0 Å². The number of aryl methyl sites for hydroxylation is 1. The highest BCUT2D eigenvalue weighted by atomic mass is 19.4. The molecule has 0 saturated heterocycles. The zero-order chi connectivity index (χ0) is 17.7. The number of ether oxygens (including phenoxy) is 1. The van der Waals surface area contributed by atoms with Crippen LogP contribution in [0, 0.1) is 5.82 Å². The maximum absolute atomic E-state index is 13.3. The number of carbonyl (C=O) groups excluding carboxylic acids is 1. The van der Waals surface area contributed by atoms with Crippen LogP contribution in [0.1, 0.15) is 6.42 Å². The van der Waals surface area contributed by atoms with Crippen LogP contribution in [0.2, 0.25) is 0 Å². The second-order valence-corrected chi connectivity index (χ2v) is 4.84. The Labute approximate surface area is 134 Å². The van der Waals surface area contributed by atoms with Crippen molar-refractivity contribution in [1.82, 2.24) is 9.78 Å². The van der Waals surface area contributed by atoms with Crippen LogP contribution < -0.4 is 15.4 Å². The predicted octanol–water partition coefficient (Wildman–Crippen LogP) is 3.53. The van der Waals surface area contributed by atoms with Gasteiger partial charge in [0.05, 0.1) is 30.6 Å². The average molecular weight is 346 g/mol. The van der Waals surface area contributed by atoms with E-state index < -0.39 is 31.1 Å². The minimum atomic E-state index is -4.39. The zero-order valence-electron chi connectivity index (χ0n) is 12.5. The molecule has 0 spiro atoms. The fourth-order valence-corrected chi connectivity index (χ4v) is 1.77. The van der Waals surface area contributed by atoms with Gasteiger partial charge in [0, 0.05) is 19.3 Å². The molecule has 0 atom stereocenters. The van der Waals surface area contributed by atoms with E-state index in [1.54, 1.807) is 13.2 Å². The molecule has 0 bridgehead atoms. The molecule has 0 saturated carbocycles. The van der Waals surface area contributed by atoms with Crippen molar-refractivity contribution in [2.75, 3.05) is 17.2 Å². The second kappa shape index (κ2) is 7.20. The van der Waals surface area contributed by atoms with Gasteiger partial charge in [0.2, 0.25) is 0 Å². The summed E-state index contributed by atoms with van der Waals surface area (Å²) in [5.74, 6) is -0.893. The molecule has 1 aromatic heterocycles. The molecule has 10 heteroatoms. The van der Waals surface area contributed by atoms with E-state index in [2.05, 4.69) is 15.7 Å². The summed E-state index contributed by atoms with van der Waals surface area (Å²) in [7, 11) is 1.66. The normalized spacial score (nSPS) is 11.2. The second-order valence-electron chi connectivity index (χ2n) is 4.84. The number of amides is 2. The van der Waals surface area contributed by atoms with E-state index in [0.717, 1.165) is 12.1 Å². The van der Waals surface area contributed by atoms with Gasteiger partial charge >= 0.3 is 12.2 Å². The number of nitrogens with zero attached hydrogens (tertiary/aromatic N) is 2. The van der Waals surface area contributed by atoms with Gasteiger partial charge in [-0.3, -0.25) is 4.68 Å². The molecule has 0 unspecified atom stereocenters. The first-order valence-electron chi connectivity index (χ1n) is 6.79. The number of nitrogens with one attached hydrogen (secondary N) is 2. The topological polar surface area (TPSA) is 68.2 Å². The number of urea groups is 1. The lowest BCUT2D eigenvalue weighted by molar-refractivity contribution is -0.139. The first kappa shape index (κ1) is 17.6. The standard InChI is InChI=1S/C14H14F4N4O2/c1-22-8-10(7-19-22)20-13(23)21-11-3-2-9(15)6-12(11)24-5-4-14(16,17)18/h2-3,6-8H,4-5H2,1H3,(H2,20,21,23). The molecular formula is C14H14F4N4O2.